The molecular weight excluding hydrogens is 379 g/mol. The van der Waals surface area contributed by atoms with Crippen LogP contribution in [0.5, 0.6) is 0 Å². The second kappa shape index (κ2) is 7.98. The minimum absolute atomic E-state index is 0.218. The Kier molecular flexibility index (Phi) is 5.25. The topological polar surface area (TPSA) is 57.2 Å². The van der Waals surface area contributed by atoms with Crippen LogP contribution in [0.2, 0.25) is 5.02 Å². The van der Waals surface area contributed by atoms with E-state index in [1.807, 2.05) is 37.3 Å². The van der Waals surface area contributed by atoms with E-state index in [1.54, 1.807) is 6.20 Å². The van der Waals surface area contributed by atoms with Gasteiger partial charge in [-0.05, 0) is 48.9 Å². The highest BCUT2D eigenvalue weighted by atomic mass is 35.5. The van der Waals surface area contributed by atoms with Crippen molar-refractivity contribution in [2.45, 2.75) is 6.92 Å². The van der Waals surface area contributed by atoms with Gasteiger partial charge in [0.05, 0.1) is 6.20 Å². The maximum Gasteiger partial charge on any atom is 0.249 e. The molecule has 6 nitrogen and oxygen atoms in total. The van der Waals surface area contributed by atoms with Crippen LogP contribution in [-0.4, -0.2) is 41.4 Å². The zero-order valence-electron chi connectivity index (χ0n) is 15.4. The highest BCUT2D eigenvalue weighted by Gasteiger charge is 2.19. The Morgan fingerprint density at radius 2 is 1.71 bits per heavy atom. The number of anilines is 4. The minimum atomic E-state index is -0.218. The molecule has 1 aliphatic heterocycles. The summed E-state index contributed by atoms with van der Waals surface area (Å²) >= 11 is 6.18. The average molecular weight is 399 g/mol. The quantitative estimate of drug-likeness (QED) is 0.715. The molecule has 0 amide bonds. The average Bonchev–Trinajstić information content (AvgIpc) is 2.72. The first-order valence-electron chi connectivity index (χ1n) is 9.07. The van der Waals surface area contributed by atoms with Crippen LogP contribution < -0.4 is 15.1 Å². The summed E-state index contributed by atoms with van der Waals surface area (Å²) < 4.78 is 13.1. The lowest BCUT2D eigenvalue weighted by atomic mass is 10.2. The molecule has 0 radical (unpaired) electrons. The molecule has 0 saturated carbocycles. The smallest absolute Gasteiger partial charge is 0.249 e. The van der Waals surface area contributed by atoms with Crippen LogP contribution in [0, 0.1) is 12.7 Å². The van der Waals surface area contributed by atoms with Crippen LogP contribution in [0.3, 0.4) is 0 Å². The fraction of sp³-hybridized carbons (Fsp3) is 0.250. The first kappa shape index (κ1) is 18.4. The van der Waals surface area contributed by atoms with Gasteiger partial charge in [-0.3, -0.25) is 0 Å². The van der Waals surface area contributed by atoms with E-state index in [2.05, 4.69) is 30.3 Å². The van der Waals surface area contributed by atoms with Gasteiger partial charge in [0.15, 0.2) is 5.82 Å². The van der Waals surface area contributed by atoms with Gasteiger partial charge in [0.1, 0.15) is 5.82 Å². The van der Waals surface area contributed by atoms with Crippen LogP contribution in [-0.2, 0) is 0 Å². The summed E-state index contributed by atoms with van der Waals surface area (Å²) in [5, 5.41) is 12.1. The molecule has 4 rings (SSSR count). The van der Waals surface area contributed by atoms with E-state index in [-0.39, 0.29) is 5.82 Å². The summed E-state index contributed by atoms with van der Waals surface area (Å²) in [4.78, 5) is 9.01. The molecule has 8 heteroatoms. The van der Waals surface area contributed by atoms with E-state index in [0.29, 0.717) is 11.0 Å². The van der Waals surface area contributed by atoms with Gasteiger partial charge in [-0.1, -0.05) is 17.7 Å². The number of nitrogens with zero attached hydrogens (tertiary/aromatic N) is 5. The lowest BCUT2D eigenvalue weighted by Gasteiger charge is -2.36. The maximum atomic E-state index is 13.1. The summed E-state index contributed by atoms with van der Waals surface area (Å²) in [5.41, 5.74) is 2.82. The lowest BCUT2D eigenvalue weighted by molar-refractivity contribution is 0.624. The normalized spacial score (nSPS) is 14.2. The van der Waals surface area contributed by atoms with Gasteiger partial charge < -0.3 is 15.1 Å². The fourth-order valence-corrected chi connectivity index (χ4v) is 3.38. The third-order valence-electron chi connectivity index (χ3n) is 4.86. The lowest BCUT2D eigenvalue weighted by Crippen LogP contribution is -2.46. The Hall–Kier alpha value is -2.93. The van der Waals surface area contributed by atoms with Gasteiger partial charge in [-0.15, -0.1) is 5.10 Å². The number of halogens is 2. The first-order valence-corrected chi connectivity index (χ1v) is 9.45. The SMILES string of the molecule is Cc1c(Cl)cccc1Nc1nncc(N2CCN(c3ccc(F)cc3)CC2)n1. The molecule has 1 aromatic heterocycles. The van der Waals surface area contributed by atoms with E-state index in [4.69, 9.17) is 11.6 Å². The Labute approximate surface area is 168 Å². The largest absolute Gasteiger partial charge is 0.368 e. The number of benzene rings is 2. The van der Waals surface area contributed by atoms with E-state index in [1.165, 1.54) is 12.1 Å². The summed E-state index contributed by atoms with van der Waals surface area (Å²) in [6.45, 7) is 5.19. The molecule has 1 aliphatic rings. The second-order valence-electron chi connectivity index (χ2n) is 6.63. The van der Waals surface area contributed by atoms with Gasteiger partial charge in [0, 0.05) is 42.6 Å². The molecule has 3 aromatic rings. The molecule has 144 valence electrons. The third kappa shape index (κ3) is 3.99. The van der Waals surface area contributed by atoms with Crippen molar-refractivity contribution in [2.75, 3.05) is 41.3 Å². The zero-order valence-corrected chi connectivity index (χ0v) is 16.2. The molecule has 0 aliphatic carbocycles. The molecule has 1 fully saturated rings. The summed E-state index contributed by atoms with van der Waals surface area (Å²) in [7, 11) is 0. The summed E-state index contributed by atoms with van der Waals surface area (Å²) in [5.74, 6) is 0.990. The molecule has 0 atom stereocenters. The molecule has 2 aromatic carbocycles. The second-order valence-corrected chi connectivity index (χ2v) is 7.03. The molecule has 0 unspecified atom stereocenters. The predicted molar refractivity (Wildman–Crippen MR) is 110 cm³/mol. The number of hydrogen-bond acceptors (Lipinski definition) is 6. The predicted octanol–water partition coefficient (Wildman–Crippen LogP) is 4.04. The minimum Gasteiger partial charge on any atom is -0.368 e. The standard InChI is InChI=1S/C20H20ClFN6/c1-14-17(21)3-2-4-18(14)24-20-25-19(13-23-26-20)28-11-9-27(10-12-28)16-7-5-15(22)6-8-16/h2-8,13H,9-12H2,1H3,(H,24,25,26). The van der Waals surface area contributed by atoms with Crippen molar-refractivity contribution in [1.82, 2.24) is 15.2 Å². The molecule has 1 N–H and O–H groups in total. The van der Waals surface area contributed by atoms with Crippen molar-refractivity contribution in [3.63, 3.8) is 0 Å². The molecule has 2 heterocycles. The summed E-state index contributed by atoms with van der Waals surface area (Å²) in [6, 6.07) is 12.3. The Morgan fingerprint density at radius 3 is 2.46 bits per heavy atom. The summed E-state index contributed by atoms with van der Waals surface area (Å²) in [6.07, 6.45) is 1.67. The van der Waals surface area contributed by atoms with Crippen molar-refractivity contribution < 1.29 is 4.39 Å². The molecule has 0 bridgehead atoms. The highest BCUT2D eigenvalue weighted by molar-refractivity contribution is 6.31. The van der Waals surface area contributed by atoms with Crippen LogP contribution >= 0.6 is 11.6 Å². The van der Waals surface area contributed by atoms with Crippen molar-refractivity contribution in [2.24, 2.45) is 0 Å². The molecule has 0 spiro atoms. The van der Waals surface area contributed by atoms with Crippen LogP contribution in [0.25, 0.3) is 0 Å². The van der Waals surface area contributed by atoms with Crippen LogP contribution in [0.1, 0.15) is 5.56 Å². The Morgan fingerprint density at radius 1 is 1.00 bits per heavy atom. The van der Waals surface area contributed by atoms with E-state index < -0.39 is 0 Å². The Bertz CT molecular complexity index is 957. The number of aromatic nitrogens is 3. The highest BCUT2D eigenvalue weighted by Crippen LogP contribution is 2.25. The van der Waals surface area contributed by atoms with Gasteiger partial charge in [-0.25, -0.2) is 4.39 Å². The van der Waals surface area contributed by atoms with Gasteiger partial charge >= 0.3 is 0 Å². The van der Waals surface area contributed by atoms with Gasteiger partial charge in [-0.2, -0.15) is 10.1 Å². The van der Waals surface area contributed by atoms with Gasteiger partial charge in [0.2, 0.25) is 5.95 Å². The number of nitrogens with one attached hydrogen (secondary N) is 1. The van der Waals surface area contributed by atoms with Crippen LogP contribution in [0.4, 0.5) is 27.5 Å². The Balaban J connectivity index is 1.44. The van der Waals surface area contributed by atoms with Crippen molar-refractivity contribution in [1.29, 1.82) is 0 Å². The first-order chi connectivity index (χ1) is 13.6. The van der Waals surface area contributed by atoms with E-state index in [0.717, 1.165) is 48.9 Å². The van der Waals surface area contributed by atoms with Crippen molar-refractivity contribution in [3.8, 4) is 0 Å². The fourth-order valence-electron chi connectivity index (χ4n) is 3.21. The monoisotopic (exact) mass is 398 g/mol. The zero-order chi connectivity index (χ0) is 19.5. The maximum absolute atomic E-state index is 13.1. The number of rotatable bonds is 4. The van der Waals surface area contributed by atoms with Crippen molar-refractivity contribution in [3.05, 3.63) is 65.1 Å². The van der Waals surface area contributed by atoms with Gasteiger partial charge in [0.25, 0.3) is 0 Å². The molecule has 28 heavy (non-hydrogen) atoms. The number of piperazine rings is 1. The molecule has 1 saturated heterocycles. The number of hydrogen-bond donors (Lipinski definition) is 1. The third-order valence-corrected chi connectivity index (χ3v) is 5.27. The van der Waals surface area contributed by atoms with E-state index in [9.17, 15) is 4.39 Å². The van der Waals surface area contributed by atoms with Crippen molar-refractivity contribution >= 4 is 34.7 Å². The van der Waals surface area contributed by atoms with Crippen LogP contribution in [0.15, 0.2) is 48.7 Å². The van der Waals surface area contributed by atoms with E-state index >= 15 is 0 Å². The molecular formula is C20H20ClFN6.